The Morgan fingerprint density at radius 2 is 2.22 bits per heavy atom. The Kier molecular flexibility index (Phi) is 4.38. The van der Waals surface area contributed by atoms with Gasteiger partial charge < -0.3 is 0 Å². The highest BCUT2D eigenvalue weighted by Crippen LogP contribution is 2.12. The molecule has 0 bridgehead atoms. The highest BCUT2D eigenvalue weighted by atomic mass is 35.5. The molecule has 0 aliphatic carbocycles. The number of anilines is 1. The van der Waals surface area contributed by atoms with Gasteiger partial charge in [0.2, 0.25) is 5.95 Å². The van der Waals surface area contributed by atoms with E-state index in [-0.39, 0.29) is 11.9 Å². The molecule has 118 valence electrons. The Labute approximate surface area is 137 Å². The molecule has 0 saturated heterocycles. The van der Waals surface area contributed by atoms with Gasteiger partial charge in [0.1, 0.15) is 6.33 Å². The zero-order valence-electron chi connectivity index (χ0n) is 12.5. The van der Waals surface area contributed by atoms with E-state index >= 15 is 0 Å². The number of rotatable bonds is 5. The third-order valence-electron chi connectivity index (χ3n) is 3.21. The Bertz CT molecular complexity index is 825. The minimum atomic E-state index is -0.287. The van der Waals surface area contributed by atoms with Crippen LogP contribution in [-0.2, 0) is 13.1 Å². The van der Waals surface area contributed by atoms with Crippen LogP contribution in [0.25, 0.3) is 0 Å². The van der Waals surface area contributed by atoms with Crippen LogP contribution >= 0.6 is 11.6 Å². The SMILES string of the molecule is CCn1cc(C(=O)Nc2ncn(Cc3cccc(Cl)c3)n2)cn1. The van der Waals surface area contributed by atoms with Crippen LogP contribution in [0.4, 0.5) is 5.95 Å². The maximum Gasteiger partial charge on any atom is 0.261 e. The third kappa shape index (κ3) is 3.75. The first-order chi connectivity index (χ1) is 11.1. The first-order valence-electron chi connectivity index (χ1n) is 7.11. The minimum absolute atomic E-state index is 0.251. The number of nitrogens with one attached hydrogen (secondary N) is 1. The van der Waals surface area contributed by atoms with E-state index in [0.717, 1.165) is 5.56 Å². The molecular weight excluding hydrogens is 316 g/mol. The van der Waals surface area contributed by atoms with Gasteiger partial charge in [-0.15, -0.1) is 5.10 Å². The number of hydrogen-bond donors (Lipinski definition) is 1. The van der Waals surface area contributed by atoms with E-state index in [1.165, 1.54) is 6.20 Å². The van der Waals surface area contributed by atoms with E-state index in [2.05, 4.69) is 20.5 Å². The van der Waals surface area contributed by atoms with E-state index in [0.29, 0.717) is 23.7 Å². The van der Waals surface area contributed by atoms with Gasteiger partial charge in [0.05, 0.1) is 18.3 Å². The summed E-state index contributed by atoms with van der Waals surface area (Å²) in [6.07, 6.45) is 4.76. The molecule has 0 aliphatic heterocycles. The topological polar surface area (TPSA) is 77.6 Å². The van der Waals surface area contributed by atoms with E-state index in [1.54, 1.807) is 21.9 Å². The molecule has 0 aliphatic rings. The second-order valence-corrected chi connectivity index (χ2v) is 5.37. The lowest BCUT2D eigenvalue weighted by atomic mass is 10.2. The summed E-state index contributed by atoms with van der Waals surface area (Å²) in [5.74, 6) is -0.0357. The smallest absolute Gasteiger partial charge is 0.261 e. The van der Waals surface area contributed by atoms with Gasteiger partial charge in [0.15, 0.2) is 0 Å². The molecule has 2 heterocycles. The molecule has 3 aromatic rings. The summed E-state index contributed by atoms with van der Waals surface area (Å²) in [5.41, 5.74) is 1.47. The second kappa shape index (κ2) is 6.62. The standard InChI is InChI=1S/C15H15ClN6O/c1-2-21-9-12(7-18-21)14(23)19-15-17-10-22(20-15)8-11-4-3-5-13(16)6-11/h3-7,9-10H,2,8H2,1H3,(H,19,20,23). The van der Waals surface area contributed by atoms with Crippen molar-refractivity contribution < 1.29 is 4.79 Å². The van der Waals surface area contributed by atoms with Gasteiger partial charge >= 0.3 is 0 Å². The Balaban J connectivity index is 1.66. The predicted octanol–water partition coefficient (Wildman–Crippen LogP) is 2.45. The molecule has 0 spiro atoms. The van der Waals surface area contributed by atoms with Gasteiger partial charge in [-0.1, -0.05) is 23.7 Å². The van der Waals surface area contributed by atoms with Gasteiger partial charge in [-0.2, -0.15) is 5.10 Å². The summed E-state index contributed by atoms with van der Waals surface area (Å²) in [7, 11) is 0. The molecule has 0 atom stereocenters. The number of benzene rings is 1. The molecule has 7 nitrogen and oxygen atoms in total. The molecule has 0 radical (unpaired) electrons. The highest BCUT2D eigenvalue weighted by Gasteiger charge is 2.11. The Morgan fingerprint density at radius 1 is 1.35 bits per heavy atom. The van der Waals surface area contributed by atoms with Crippen LogP contribution in [0.3, 0.4) is 0 Å². The summed E-state index contributed by atoms with van der Waals surface area (Å²) in [5, 5.41) is 11.6. The van der Waals surface area contributed by atoms with Gasteiger partial charge in [0.25, 0.3) is 5.91 Å². The van der Waals surface area contributed by atoms with Crippen molar-refractivity contribution in [1.82, 2.24) is 24.5 Å². The van der Waals surface area contributed by atoms with Crippen molar-refractivity contribution >= 4 is 23.5 Å². The van der Waals surface area contributed by atoms with Crippen molar-refractivity contribution in [3.05, 3.63) is 59.1 Å². The number of amides is 1. The van der Waals surface area contributed by atoms with Gasteiger partial charge in [0, 0.05) is 17.8 Å². The van der Waals surface area contributed by atoms with Crippen molar-refractivity contribution in [2.24, 2.45) is 0 Å². The number of halogens is 1. The molecule has 2 aromatic heterocycles. The lowest BCUT2D eigenvalue weighted by molar-refractivity contribution is 0.102. The van der Waals surface area contributed by atoms with Crippen molar-refractivity contribution in [2.75, 3.05) is 5.32 Å². The van der Waals surface area contributed by atoms with Crippen LogP contribution in [-0.4, -0.2) is 30.5 Å². The zero-order valence-corrected chi connectivity index (χ0v) is 13.2. The quantitative estimate of drug-likeness (QED) is 0.779. The molecule has 23 heavy (non-hydrogen) atoms. The lowest BCUT2D eigenvalue weighted by Gasteiger charge is -2.01. The lowest BCUT2D eigenvalue weighted by Crippen LogP contribution is -2.13. The van der Waals surface area contributed by atoms with Crippen LogP contribution in [0, 0.1) is 0 Å². The number of aromatic nitrogens is 5. The molecular formula is C15H15ClN6O. The van der Waals surface area contributed by atoms with Crippen LogP contribution in [0.2, 0.25) is 5.02 Å². The first kappa shape index (κ1) is 15.2. The zero-order chi connectivity index (χ0) is 16.2. The monoisotopic (exact) mass is 330 g/mol. The van der Waals surface area contributed by atoms with Gasteiger partial charge in [-0.25, -0.2) is 9.67 Å². The molecule has 1 aromatic carbocycles. The summed E-state index contributed by atoms with van der Waals surface area (Å²) in [6.45, 7) is 3.19. The van der Waals surface area contributed by atoms with Gasteiger partial charge in [-0.05, 0) is 24.6 Å². The van der Waals surface area contributed by atoms with Gasteiger partial charge in [-0.3, -0.25) is 14.8 Å². The van der Waals surface area contributed by atoms with Crippen molar-refractivity contribution in [2.45, 2.75) is 20.0 Å². The van der Waals surface area contributed by atoms with Crippen LogP contribution in [0.5, 0.6) is 0 Å². The summed E-state index contributed by atoms with van der Waals surface area (Å²) in [6, 6.07) is 7.50. The Morgan fingerprint density at radius 3 is 2.96 bits per heavy atom. The van der Waals surface area contributed by atoms with Crippen molar-refractivity contribution in [3.63, 3.8) is 0 Å². The first-order valence-corrected chi connectivity index (χ1v) is 7.49. The molecule has 3 rings (SSSR count). The van der Waals surface area contributed by atoms with E-state index < -0.39 is 0 Å². The summed E-state index contributed by atoms with van der Waals surface area (Å²) < 4.78 is 3.32. The highest BCUT2D eigenvalue weighted by molar-refractivity contribution is 6.30. The van der Waals surface area contributed by atoms with Crippen LogP contribution in [0.15, 0.2) is 43.0 Å². The molecule has 0 unspecified atom stereocenters. The molecule has 0 saturated carbocycles. The van der Waals surface area contributed by atoms with E-state index in [1.807, 2.05) is 31.2 Å². The second-order valence-electron chi connectivity index (χ2n) is 4.93. The number of hydrogen-bond acceptors (Lipinski definition) is 4. The van der Waals surface area contributed by atoms with Crippen molar-refractivity contribution in [3.8, 4) is 0 Å². The fraction of sp³-hybridized carbons (Fsp3) is 0.200. The predicted molar refractivity (Wildman–Crippen MR) is 86.4 cm³/mol. The fourth-order valence-corrected chi connectivity index (χ4v) is 2.29. The number of carbonyl (C=O) groups is 1. The van der Waals surface area contributed by atoms with E-state index in [9.17, 15) is 4.79 Å². The maximum atomic E-state index is 12.1. The average Bonchev–Trinajstić information content (AvgIpc) is 3.16. The normalized spacial score (nSPS) is 10.7. The number of aryl methyl sites for hydroxylation is 1. The number of carbonyl (C=O) groups excluding carboxylic acids is 1. The summed E-state index contributed by atoms with van der Waals surface area (Å²) in [4.78, 5) is 16.2. The molecule has 0 fully saturated rings. The van der Waals surface area contributed by atoms with Crippen LogP contribution < -0.4 is 5.32 Å². The molecule has 1 N–H and O–H groups in total. The van der Waals surface area contributed by atoms with Crippen LogP contribution in [0.1, 0.15) is 22.8 Å². The third-order valence-corrected chi connectivity index (χ3v) is 3.45. The Hall–Kier alpha value is -2.67. The fourth-order valence-electron chi connectivity index (χ4n) is 2.08. The minimum Gasteiger partial charge on any atom is -0.289 e. The average molecular weight is 331 g/mol. The largest absolute Gasteiger partial charge is 0.289 e. The maximum absolute atomic E-state index is 12.1. The van der Waals surface area contributed by atoms with E-state index in [4.69, 9.17) is 11.6 Å². The molecule has 8 heteroatoms. The number of nitrogens with zero attached hydrogens (tertiary/aromatic N) is 5. The molecule has 1 amide bonds. The van der Waals surface area contributed by atoms with Crippen molar-refractivity contribution in [1.29, 1.82) is 0 Å². The summed E-state index contributed by atoms with van der Waals surface area (Å²) >= 11 is 5.96.